The predicted octanol–water partition coefficient (Wildman–Crippen LogP) is 4.67. The number of benzene rings is 2. The van der Waals surface area contributed by atoms with Crippen molar-refractivity contribution in [2.75, 3.05) is 5.32 Å². The Morgan fingerprint density at radius 1 is 1.07 bits per heavy atom. The number of carbonyl (C=O) groups excluding carboxylic acids is 3. The van der Waals surface area contributed by atoms with Crippen LogP contribution in [0.1, 0.15) is 43.6 Å². The van der Waals surface area contributed by atoms with Gasteiger partial charge in [-0.05, 0) is 58.0 Å². The summed E-state index contributed by atoms with van der Waals surface area (Å²) < 4.78 is 19.8. The van der Waals surface area contributed by atoms with Crippen molar-refractivity contribution in [3.05, 3.63) is 63.9 Å². The molecule has 154 valence electrons. The zero-order chi connectivity index (χ0) is 21.8. The van der Waals surface area contributed by atoms with Crippen LogP contribution in [0.3, 0.4) is 0 Å². The van der Waals surface area contributed by atoms with Gasteiger partial charge >= 0.3 is 6.09 Å². The van der Waals surface area contributed by atoms with E-state index in [9.17, 15) is 18.8 Å². The van der Waals surface area contributed by atoms with E-state index < -0.39 is 35.2 Å². The van der Waals surface area contributed by atoms with Crippen LogP contribution in [0.15, 0.2) is 46.9 Å². The molecule has 0 aliphatic rings. The molecule has 1 atom stereocenters. The Labute approximate surface area is 177 Å². The monoisotopic (exact) mass is 464 g/mol. The van der Waals surface area contributed by atoms with Crippen LogP contribution < -0.4 is 10.6 Å². The maximum atomic E-state index is 14.0. The fourth-order valence-corrected chi connectivity index (χ4v) is 2.76. The van der Waals surface area contributed by atoms with Gasteiger partial charge in [0.25, 0.3) is 0 Å². The number of halogens is 2. The van der Waals surface area contributed by atoms with Gasteiger partial charge in [-0.1, -0.05) is 28.1 Å². The van der Waals surface area contributed by atoms with E-state index in [-0.39, 0.29) is 16.8 Å². The molecule has 0 radical (unpaired) electrons. The van der Waals surface area contributed by atoms with Gasteiger partial charge in [0.05, 0.1) is 11.3 Å². The molecule has 0 aliphatic heterocycles. The first-order valence-electron chi connectivity index (χ1n) is 8.87. The van der Waals surface area contributed by atoms with Crippen molar-refractivity contribution >= 4 is 39.4 Å². The van der Waals surface area contributed by atoms with Crippen LogP contribution in [0, 0.1) is 5.82 Å². The largest absolute Gasteiger partial charge is 0.444 e. The molecule has 0 aliphatic carbocycles. The molecule has 8 heteroatoms. The molecule has 2 N–H and O–H groups in total. The highest BCUT2D eigenvalue weighted by Crippen LogP contribution is 2.25. The van der Waals surface area contributed by atoms with E-state index in [1.54, 1.807) is 32.9 Å². The molecule has 0 bridgehead atoms. The molecular formula is C21H22BrFN2O4. The van der Waals surface area contributed by atoms with E-state index in [1.807, 2.05) is 0 Å². The van der Waals surface area contributed by atoms with Crippen LogP contribution >= 0.6 is 15.9 Å². The number of hydrogen-bond acceptors (Lipinski definition) is 4. The van der Waals surface area contributed by atoms with Gasteiger partial charge in [0.1, 0.15) is 17.5 Å². The molecule has 0 spiro atoms. The Morgan fingerprint density at radius 2 is 1.72 bits per heavy atom. The highest BCUT2D eigenvalue weighted by Gasteiger charge is 2.23. The van der Waals surface area contributed by atoms with Crippen molar-refractivity contribution in [2.24, 2.45) is 0 Å². The third-order valence-electron chi connectivity index (χ3n) is 3.73. The van der Waals surface area contributed by atoms with Gasteiger partial charge in [-0.2, -0.15) is 0 Å². The van der Waals surface area contributed by atoms with Crippen molar-refractivity contribution in [3.8, 4) is 0 Å². The van der Waals surface area contributed by atoms with Gasteiger partial charge in [0.2, 0.25) is 5.91 Å². The number of carbonyl (C=O) groups is 3. The number of alkyl carbamates (subject to hydrolysis) is 1. The second-order valence-electron chi connectivity index (χ2n) is 7.36. The molecule has 0 aromatic heterocycles. The standard InChI is InChI=1S/C21H22BrFN2O4/c1-12(24-20(28)29-21(2,3)4)19(27)25-17-10-9-13(22)11-15(17)18(26)14-7-5-6-8-16(14)23/h5-12H,1-4H3,(H,24,28)(H,25,27). The number of anilines is 1. The lowest BCUT2D eigenvalue weighted by Crippen LogP contribution is -2.44. The number of ether oxygens (including phenoxy) is 1. The number of nitrogens with one attached hydrogen (secondary N) is 2. The van der Waals surface area contributed by atoms with E-state index >= 15 is 0 Å². The quantitative estimate of drug-likeness (QED) is 0.629. The van der Waals surface area contributed by atoms with Gasteiger partial charge in [0.15, 0.2) is 5.78 Å². The van der Waals surface area contributed by atoms with E-state index in [1.165, 1.54) is 37.3 Å². The van der Waals surface area contributed by atoms with Crippen molar-refractivity contribution in [2.45, 2.75) is 39.3 Å². The molecule has 2 rings (SSSR count). The maximum absolute atomic E-state index is 14.0. The minimum Gasteiger partial charge on any atom is -0.444 e. The lowest BCUT2D eigenvalue weighted by atomic mass is 10.0. The summed E-state index contributed by atoms with van der Waals surface area (Å²) in [5.74, 6) is -1.79. The normalized spacial score (nSPS) is 12.1. The first-order chi connectivity index (χ1) is 13.5. The van der Waals surface area contributed by atoms with Crippen LogP contribution in [0.25, 0.3) is 0 Å². The summed E-state index contributed by atoms with van der Waals surface area (Å²) in [6.07, 6.45) is -0.737. The summed E-state index contributed by atoms with van der Waals surface area (Å²) in [5, 5.41) is 5.03. The van der Waals surface area contributed by atoms with Crippen molar-refractivity contribution in [1.82, 2.24) is 5.32 Å². The number of amides is 2. The first kappa shape index (κ1) is 22.5. The second kappa shape index (κ2) is 9.17. The smallest absolute Gasteiger partial charge is 0.408 e. The second-order valence-corrected chi connectivity index (χ2v) is 8.27. The van der Waals surface area contributed by atoms with Gasteiger partial charge < -0.3 is 15.4 Å². The molecule has 2 amide bonds. The van der Waals surface area contributed by atoms with Crippen LogP contribution in [0.4, 0.5) is 14.9 Å². The van der Waals surface area contributed by atoms with Crippen LogP contribution in [-0.2, 0) is 9.53 Å². The van der Waals surface area contributed by atoms with Gasteiger partial charge in [0, 0.05) is 10.0 Å². The van der Waals surface area contributed by atoms with Crippen LogP contribution in [-0.4, -0.2) is 29.4 Å². The Hall–Kier alpha value is -2.74. The Bertz CT molecular complexity index is 941. The highest BCUT2D eigenvalue weighted by atomic mass is 79.9. The predicted molar refractivity (Wildman–Crippen MR) is 111 cm³/mol. The molecule has 2 aromatic carbocycles. The van der Waals surface area contributed by atoms with Crippen molar-refractivity contribution < 1.29 is 23.5 Å². The molecule has 0 saturated carbocycles. The SMILES string of the molecule is CC(NC(=O)OC(C)(C)C)C(=O)Nc1ccc(Br)cc1C(=O)c1ccccc1F. The molecule has 29 heavy (non-hydrogen) atoms. The van der Waals surface area contributed by atoms with Gasteiger partial charge in [-0.15, -0.1) is 0 Å². The van der Waals surface area contributed by atoms with E-state index in [2.05, 4.69) is 26.6 Å². The summed E-state index contributed by atoms with van der Waals surface area (Å²) >= 11 is 3.28. The zero-order valence-corrected chi connectivity index (χ0v) is 18.1. The molecule has 0 heterocycles. The van der Waals surface area contributed by atoms with Crippen LogP contribution in [0.2, 0.25) is 0 Å². The summed E-state index contributed by atoms with van der Waals surface area (Å²) in [6.45, 7) is 6.61. The Kier molecular flexibility index (Phi) is 7.13. The fourth-order valence-electron chi connectivity index (χ4n) is 2.39. The van der Waals surface area contributed by atoms with E-state index in [0.717, 1.165) is 0 Å². The third kappa shape index (κ3) is 6.39. The average Bonchev–Trinajstić information content (AvgIpc) is 2.61. The van der Waals surface area contributed by atoms with E-state index in [0.29, 0.717) is 4.47 Å². The van der Waals surface area contributed by atoms with Crippen LogP contribution in [0.5, 0.6) is 0 Å². The number of hydrogen-bond donors (Lipinski definition) is 2. The maximum Gasteiger partial charge on any atom is 0.408 e. The Balaban J connectivity index is 2.21. The van der Waals surface area contributed by atoms with Gasteiger partial charge in [-0.25, -0.2) is 9.18 Å². The minimum absolute atomic E-state index is 0.110. The topological polar surface area (TPSA) is 84.5 Å². The minimum atomic E-state index is -0.926. The van der Waals surface area contributed by atoms with Crippen molar-refractivity contribution in [1.29, 1.82) is 0 Å². The lowest BCUT2D eigenvalue weighted by Gasteiger charge is -2.22. The summed E-state index contributed by atoms with van der Waals surface area (Å²) in [6, 6.07) is 9.34. The van der Waals surface area contributed by atoms with Crippen molar-refractivity contribution in [3.63, 3.8) is 0 Å². The molecular weight excluding hydrogens is 443 g/mol. The average molecular weight is 465 g/mol. The van der Waals surface area contributed by atoms with Gasteiger partial charge in [-0.3, -0.25) is 9.59 Å². The molecule has 1 unspecified atom stereocenters. The first-order valence-corrected chi connectivity index (χ1v) is 9.66. The lowest BCUT2D eigenvalue weighted by molar-refractivity contribution is -0.117. The fraction of sp³-hybridized carbons (Fsp3) is 0.286. The van der Waals surface area contributed by atoms with E-state index in [4.69, 9.17) is 4.74 Å². The Morgan fingerprint density at radius 3 is 2.34 bits per heavy atom. The summed E-state index contributed by atoms with van der Waals surface area (Å²) in [4.78, 5) is 37.2. The number of ketones is 1. The third-order valence-corrected chi connectivity index (χ3v) is 4.22. The molecule has 6 nitrogen and oxygen atoms in total. The molecule has 0 fully saturated rings. The summed E-state index contributed by atoms with van der Waals surface area (Å²) in [5.41, 5.74) is -0.502. The molecule has 0 saturated heterocycles. The highest BCUT2D eigenvalue weighted by molar-refractivity contribution is 9.10. The summed E-state index contributed by atoms with van der Waals surface area (Å²) in [7, 11) is 0. The number of rotatable bonds is 5. The molecule has 2 aromatic rings. The zero-order valence-electron chi connectivity index (χ0n) is 16.5.